The Morgan fingerprint density at radius 1 is 1.47 bits per heavy atom. The molecule has 0 aliphatic heterocycles. The molecular weight excluding hydrogens is 248 g/mol. The third-order valence-corrected chi connectivity index (χ3v) is 3.18. The molecule has 0 aromatic carbocycles. The fraction of sp³-hybridized carbons (Fsp3) is 0.333. The van der Waals surface area contributed by atoms with Gasteiger partial charge < -0.3 is 9.72 Å². The molecule has 0 spiro atoms. The first-order valence-electron chi connectivity index (χ1n) is 4.79. The second kappa shape index (κ2) is 5.60. The largest absolute Gasteiger partial charge is 0.465 e. The van der Waals surface area contributed by atoms with E-state index in [-0.39, 0.29) is 11.5 Å². The van der Waals surface area contributed by atoms with Crippen LogP contribution in [0.15, 0.2) is 28.0 Å². The number of hydrogen-bond acceptors (Lipinski definition) is 5. The van der Waals surface area contributed by atoms with Crippen molar-refractivity contribution in [2.75, 3.05) is 13.2 Å². The number of nitrogens with one attached hydrogen (secondary N) is 2. The second-order valence-corrected chi connectivity index (χ2v) is 4.79. The summed E-state index contributed by atoms with van der Waals surface area (Å²) in [4.78, 5) is 23.8. The summed E-state index contributed by atoms with van der Waals surface area (Å²) in [6.07, 6.45) is 1.05. The number of aromatic nitrogens is 1. The lowest BCUT2D eigenvalue weighted by atomic mass is 10.5. The summed E-state index contributed by atoms with van der Waals surface area (Å²) in [5.41, 5.74) is -0.408. The summed E-state index contributed by atoms with van der Waals surface area (Å²) in [5.74, 6) is -0.666. The molecule has 1 aromatic rings. The molecule has 17 heavy (non-hydrogen) atoms. The molecule has 0 atom stereocenters. The highest BCUT2D eigenvalue weighted by molar-refractivity contribution is 7.89. The van der Waals surface area contributed by atoms with E-state index in [9.17, 15) is 18.0 Å². The third-order valence-electron chi connectivity index (χ3n) is 1.78. The molecule has 0 aliphatic rings. The van der Waals surface area contributed by atoms with Crippen molar-refractivity contribution in [2.24, 2.45) is 0 Å². The van der Waals surface area contributed by atoms with E-state index in [0.717, 1.165) is 18.3 Å². The molecule has 7 nitrogen and oxygen atoms in total. The van der Waals surface area contributed by atoms with E-state index in [2.05, 4.69) is 14.4 Å². The van der Waals surface area contributed by atoms with Crippen LogP contribution in [0.5, 0.6) is 0 Å². The van der Waals surface area contributed by atoms with Crippen molar-refractivity contribution in [3.05, 3.63) is 28.7 Å². The van der Waals surface area contributed by atoms with E-state index in [4.69, 9.17) is 0 Å². The highest BCUT2D eigenvalue weighted by atomic mass is 32.2. The van der Waals surface area contributed by atoms with Gasteiger partial charge in [0.15, 0.2) is 0 Å². The topological polar surface area (TPSA) is 105 Å². The maximum absolute atomic E-state index is 11.6. The third kappa shape index (κ3) is 4.00. The lowest BCUT2D eigenvalue weighted by molar-refractivity contribution is -0.141. The van der Waals surface area contributed by atoms with Crippen LogP contribution in [0.2, 0.25) is 0 Å². The Morgan fingerprint density at radius 3 is 2.71 bits per heavy atom. The number of ether oxygens (including phenoxy) is 1. The minimum Gasteiger partial charge on any atom is -0.465 e. The molecule has 2 N–H and O–H groups in total. The van der Waals surface area contributed by atoms with Crippen LogP contribution < -0.4 is 10.3 Å². The Labute approximate surface area is 97.9 Å². The summed E-state index contributed by atoms with van der Waals surface area (Å²) in [7, 11) is -3.81. The summed E-state index contributed by atoms with van der Waals surface area (Å²) in [6.45, 7) is 1.35. The van der Waals surface area contributed by atoms with Gasteiger partial charge in [-0.2, -0.15) is 4.72 Å². The van der Waals surface area contributed by atoms with Crippen LogP contribution >= 0.6 is 0 Å². The van der Waals surface area contributed by atoms with Crippen LogP contribution in [0.4, 0.5) is 0 Å². The minimum atomic E-state index is -3.81. The molecule has 0 radical (unpaired) electrons. The van der Waals surface area contributed by atoms with Gasteiger partial charge in [-0.25, -0.2) is 8.42 Å². The second-order valence-electron chi connectivity index (χ2n) is 3.02. The molecule has 0 amide bonds. The average Bonchev–Trinajstić information content (AvgIpc) is 2.28. The molecule has 1 heterocycles. The van der Waals surface area contributed by atoms with Crippen LogP contribution in [0.3, 0.4) is 0 Å². The molecule has 1 aromatic heterocycles. The number of aromatic amines is 1. The van der Waals surface area contributed by atoms with Crippen molar-refractivity contribution in [3.63, 3.8) is 0 Å². The van der Waals surface area contributed by atoms with Gasteiger partial charge in [0, 0.05) is 12.3 Å². The minimum absolute atomic E-state index is 0.124. The van der Waals surface area contributed by atoms with Gasteiger partial charge in [-0.1, -0.05) is 0 Å². The molecule has 1 rings (SSSR count). The molecule has 94 valence electrons. The fourth-order valence-corrected chi connectivity index (χ4v) is 1.95. The van der Waals surface area contributed by atoms with Crippen LogP contribution in [0.25, 0.3) is 0 Å². The Balaban J connectivity index is 2.72. The fourth-order valence-electron chi connectivity index (χ4n) is 1.01. The number of rotatable bonds is 5. The van der Waals surface area contributed by atoms with Crippen molar-refractivity contribution in [3.8, 4) is 0 Å². The molecule has 0 saturated carbocycles. The number of esters is 1. The van der Waals surface area contributed by atoms with E-state index < -0.39 is 28.1 Å². The standard InChI is InChI=1S/C9H12N2O5S/c1-2-16-9(13)6-11-17(14,15)7-3-4-8(12)10-5-7/h3-5,11H,2,6H2,1H3,(H,10,12). The van der Waals surface area contributed by atoms with Crippen molar-refractivity contribution < 1.29 is 17.9 Å². The van der Waals surface area contributed by atoms with Crippen molar-refractivity contribution in [1.29, 1.82) is 0 Å². The molecule has 0 unspecified atom stereocenters. The van der Waals surface area contributed by atoms with E-state index in [0.29, 0.717) is 0 Å². The zero-order chi connectivity index (χ0) is 12.9. The smallest absolute Gasteiger partial charge is 0.321 e. The number of pyridine rings is 1. The molecular formula is C9H12N2O5S. The van der Waals surface area contributed by atoms with Gasteiger partial charge in [-0.15, -0.1) is 0 Å². The van der Waals surface area contributed by atoms with Crippen molar-refractivity contribution in [2.45, 2.75) is 11.8 Å². The molecule has 0 bridgehead atoms. The Bertz CT molecular complexity index is 528. The monoisotopic (exact) mass is 260 g/mol. The summed E-state index contributed by atoms with van der Waals surface area (Å²) in [6, 6.07) is 2.23. The van der Waals surface area contributed by atoms with Gasteiger partial charge in [-0.05, 0) is 13.0 Å². The Morgan fingerprint density at radius 2 is 2.18 bits per heavy atom. The van der Waals surface area contributed by atoms with Crippen molar-refractivity contribution in [1.82, 2.24) is 9.71 Å². The van der Waals surface area contributed by atoms with Gasteiger partial charge in [-0.3, -0.25) is 9.59 Å². The lowest BCUT2D eigenvalue weighted by Gasteiger charge is -2.05. The number of H-pyrrole nitrogens is 1. The van der Waals surface area contributed by atoms with E-state index in [1.54, 1.807) is 6.92 Å². The quantitative estimate of drug-likeness (QED) is 0.675. The van der Waals surface area contributed by atoms with Gasteiger partial charge in [0.1, 0.15) is 6.54 Å². The number of sulfonamides is 1. The van der Waals surface area contributed by atoms with Crippen LogP contribution in [-0.4, -0.2) is 32.5 Å². The van der Waals surface area contributed by atoms with E-state index >= 15 is 0 Å². The van der Waals surface area contributed by atoms with Gasteiger partial charge >= 0.3 is 5.97 Å². The molecule has 8 heteroatoms. The highest BCUT2D eigenvalue weighted by Crippen LogP contribution is 2.03. The van der Waals surface area contributed by atoms with Crippen LogP contribution in [0.1, 0.15) is 6.92 Å². The maximum atomic E-state index is 11.6. The highest BCUT2D eigenvalue weighted by Gasteiger charge is 2.15. The molecule has 0 fully saturated rings. The van der Waals surface area contributed by atoms with Crippen LogP contribution in [-0.2, 0) is 19.6 Å². The van der Waals surface area contributed by atoms with Gasteiger partial charge in [0.2, 0.25) is 15.6 Å². The van der Waals surface area contributed by atoms with Crippen molar-refractivity contribution >= 4 is 16.0 Å². The predicted octanol–water partition coefficient (Wildman–Crippen LogP) is -0.784. The zero-order valence-corrected chi connectivity index (χ0v) is 9.91. The summed E-state index contributed by atoms with van der Waals surface area (Å²) < 4.78 is 29.8. The van der Waals surface area contributed by atoms with Gasteiger partial charge in [0.05, 0.1) is 11.5 Å². The van der Waals surface area contributed by atoms with Gasteiger partial charge in [0.25, 0.3) is 0 Å². The number of hydrogen-bond donors (Lipinski definition) is 2. The molecule has 0 aliphatic carbocycles. The first-order chi connectivity index (χ1) is 7.95. The first kappa shape index (κ1) is 13.4. The SMILES string of the molecule is CCOC(=O)CNS(=O)(=O)c1ccc(=O)[nH]c1. The maximum Gasteiger partial charge on any atom is 0.321 e. The molecule has 0 saturated heterocycles. The number of carbonyl (C=O) groups is 1. The predicted molar refractivity (Wildman–Crippen MR) is 58.9 cm³/mol. The van der Waals surface area contributed by atoms with E-state index in [1.165, 1.54) is 0 Å². The van der Waals surface area contributed by atoms with E-state index in [1.807, 2.05) is 0 Å². The number of carbonyl (C=O) groups excluding carboxylic acids is 1. The lowest BCUT2D eigenvalue weighted by Crippen LogP contribution is -2.31. The zero-order valence-electron chi connectivity index (χ0n) is 9.10. The average molecular weight is 260 g/mol. The first-order valence-corrected chi connectivity index (χ1v) is 6.28. The Kier molecular flexibility index (Phi) is 4.41. The van der Waals surface area contributed by atoms with Crippen LogP contribution in [0, 0.1) is 0 Å². The summed E-state index contributed by atoms with van der Waals surface area (Å²) in [5, 5.41) is 0. The summed E-state index contributed by atoms with van der Waals surface area (Å²) >= 11 is 0. The normalized spacial score (nSPS) is 11.1. The Hall–Kier alpha value is -1.67.